The maximum Gasteiger partial charge on any atom is 0.208 e. The predicted molar refractivity (Wildman–Crippen MR) is 88.6 cm³/mol. The molecule has 120 valence electrons. The third-order valence-electron chi connectivity index (χ3n) is 4.12. The topological polar surface area (TPSA) is 73.8 Å². The second-order valence-corrected chi connectivity index (χ2v) is 7.77. The largest absolute Gasteiger partial charge is 0.366 e. The van der Waals surface area contributed by atoms with Gasteiger partial charge in [0.05, 0.1) is 6.26 Å². The van der Waals surface area contributed by atoms with Gasteiger partial charge in [0.1, 0.15) is 12.5 Å². The summed E-state index contributed by atoms with van der Waals surface area (Å²) in [5, 5.41) is 3.28. The molecule has 0 aliphatic carbocycles. The zero-order valence-corrected chi connectivity index (χ0v) is 13.6. The van der Waals surface area contributed by atoms with Gasteiger partial charge >= 0.3 is 0 Å². The van der Waals surface area contributed by atoms with Gasteiger partial charge in [-0.1, -0.05) is 12.1 Å². The van der Waals surface area contributed by atoms with Crippen molar-refractivity contribution >= 4 is 21.5 Å². The van der Waals surface area contributed by atoms with Crippen molar-refractivity contribution in [2.45, 2.75) is 12.8 Å². The number of hydrogen-bond acceptors (Lipinski definition) is 5. The highest BCUT2D eigenvalue weighted by Crippen LogP contribution is 2.24. The second-order valence-electron chi connectivity index (χ2n) is 5.94. The minimum absolute atomic E-state index is 0.327. The Balaban J connectivity index is 1.71. The van der Waals surface area contributed by atoms with Crippen LogP contribution in [0.4, 0.5) is 5.69 Å². The van der Waals surface area contributed by atoms with Gasteiger partial charge in [-0.05, 0) is 30.9 Å². The zero-order chi connectivity index (χ0) is 15.6. The average Bonchev–Trinajstić information content (AvgIpc) is 2.52. The van der Waals surface area contributed by atoms with E-state index in [1.54, 1.807) is 0 Å². The molecule has 0 aromatic heterocycles. The van der Waals surface area contributed by atoms with Crippen LogP contribution in [0.2, 0.25) is 0 Å². The van der Waals surface area contributed by atoms with E-state index in [4.69, 9.17) is 0 Å². The molecule has 22 heavy (non-hydrogen) atoms. The number of fused-ring (bicyclic) bond motifs is 1. The smallest absolute Gasteiger partial charge is 0.208 e. The van der Waals surface area contributed by atoms with Crippen molar-refractivity contribution in [3.05, 3.63) is 29.8 Å². The lowest BCUT2D eigenvalue weighted by Crippen LogP contribution is -2.44. The SMILES string of the molecule is CS(=O)(=O)NCC1CCCN(C2=NCNc3ccccc32)C1. The summed E-state index contributed by atoms with van der Waals surface area (Å²) in [7, 11) is -3.12. The van der Waals surface area contributed by atoms with Gasteiger partial charge in [-0.3, -0.25) is 0 Å². The summed E-state index contributed by atoms with van der Waals surface area (Å²) in [6.45, 7) is 2.91. The van der Waals surface area contributed by atoms with Crippen LogP contribution in [0.3, 0.4) is 0 Å². The number of likely N-dealkylation sites (tertiary alicyclic amines) is 1. The number of piperidine rings is 1. The van der Waals surface area contributed by atoms with Gasteiger partial charge in [0.2, 0.25) is 10.0 Å². The molecule has 0 saturated carbocycles. The van der Waals surface area contributed by atoms with E-state index in [9.17, 15) is 8.42 Å². The normalized spacial score (nSPS) is 21.8. The van der Waals surface area contributed by atoms with Gasteiger partial charge in [-0.15, -0.1) is 0 Å². The van der Waals surface area contributed by atoms with E-state index < -0.39 is 10.0 Å². The summed E-state index contributed by atoms with van der Waals surface area (Å²) in [5.41, 5.74) is 2.24. The fraction of sp³-hybridized carbons (Fsp3) is 0.533. The number of rotatable bonds is 3. The highest BCUT2D eigenvalue weighted by molar-refractivity contribution is 7.88. The Morgan fingerprint density at radius 3 is 3.05 bits per heavy atom. The number of anilines is 1. The van der Waals surface area contributed by atoms with Crippen LogP contribution in [0.15, 0.2) is 29.3 Å². The Labute approximate surface area is 131 Å². The van der Waals surface area contributed by atoms with Crippen molar-refractivity contribution in [1.82, 2.24) is 9.62 Å². The molecule has 1 saturated heterocycles. The fourth-order valence-electron chi connectivity index (χ4n) is 3.08. The molecule has 2 heterocycles. The summed E-state index contributed by atoms with van der Waals surface area (Å²) < 4.78 is 25.2. The Hall–Kier alpha value is -1.60. The quantitative estimate of drug-likeness (QED) is 0.873. The van der Waals surface area contributed by atoms with Gasteiger partial charge in [-0.25, -0.2) is 18.1 Å². The lowest BCUT2D eigenvalue weighted by atomic mass is 9.97. The van der Waals surface area contributed by atoms with Gasteiger partial charge < -0.3 is 10.2 Å². The van der Waals surface area contributed by atoms with E-state index in [2.05, 4.69) is 32.1 Å². The average molecular weight is 322 g/mol. The van der Waals surface area contributed by atoms with E-state index >= 15 is 0 Å². The van der Waals surface area contributed by atoms with Crippen LogP contribution in [0.5, 0.6) is 0 Å². The van der Waals surface area contributed by atoms with Crippen molar-refractivity contribution in [3.8, 4) is 0 Å². The Morgan fingerprint density at radius 2 is 2.23 bits per heavy atom. The van der Waals surface area contributed by atoms with Crippen molar-refractivity contribution in [3.63, 3.8) is 0 Å². The summed E-state index contributed by atoms with van der Waals surface area (Å²) >= 11 is 0. The Kier molecular flexibility index (Phi) is 4.35. The molecule has 6 nitrogen and oxygen atoms in total. The molecular formula is C15H22N4O2S. The second kappa shape index (κ2) is 6.26. The third kappa shape index (κ3) is 3.59. The van der Waals surface area contributed by atoms with Crippen LogP contribution in [-0.2, 0) is 10.0 Å². The monoisotopic (exact) mass is 322 g/mol. The van der Waals surface area contributed by atoms with E-state index in [1.807, 2.05) is 12.1 Å². The maximum absolute atomic E-state index is 11.3. The molecule has 1 atom stereocenters. The van der Waals surface area contributed by atoms with Crippen LogP contribution >= 0.6 is 0 Å². The Morgan fingerprint density at radius 1 is 1.41 bits per heavy atom. The highest BCUT2D eigenvalue weighted by Gasteiger charge is 2.26. The summed E-state index contributed by atoms with van der Waals surface area (Å²) in [6, 6.07) is 8.19. The van der Waals surface area contributed by atoms with Gasteiger partial charge in [0, 0.05) is 30.9 Å². The third-order valence-corrected chi connectivity index (χ3v) is 4.81. The molecule has 2 N–H and O–H groups in total. The van der Waals surface area contributed by atoms with Crippen molar-refractivity contribution < 1.29 is 8.42 Å². The van der Waals surface area contributed by atoms with Gasteiger partial charge in [0.15, 0.2) is 0 Å². The molecule has 0 radical (unpaired) electrons. The van der Waals surface area contributed by atoms with Crippen LogP contribution in [0, 0.1) is 5.92 Å². The number of nitrogens with zero attached hydrogens (tertiary/aromatic N) is 2. The van der Waals surface area contributed by atoms with Crippen molar-refractivity contribution in [2.24, 2.45) is 10.9 Å². The minimum atomic E-state index is -3.12. The minimum Gasteiger partial charge on any atom is -0.366 e. The highest BCUT2D eigenvalue weighted by atomic mass is 32.2. The van der Waals surface area contributed by atoms with E-state index in [0.717, 1.165) is 43.0 Å². The van der Waals surface area contributed by atoms with E-state index in [0.29, 0.717) is 19.1 Å². The first-order valence-corrected chi connectivity index (χ1v) is 9.49. The number of para-hydroxylation sites is 1. The van der Waals surface area contributed by atoms with E-state index in [-0.39, 0.29) is 0 Å². The standard InChI is InChI=1S/C15H22N4O2S/c1-22(20,21)18-9-12-5-4-8-19(10-12)15-13-6-2-3-7-14(13)16-11-17-15/h2-3,6-7,12,16,18H,4-5,8-11H2,1H3. The molecule has 7 heteroatoms. The summed E-state index contributed by atoms with van der Waals surface area (Å²) in [5.74, 6) is 1.35. The first-order chi connectivity index (χ1) is 10.5. The van der Waals surface area contributed by atoms with Crippen LogP contribution in [0.1, 0.15) is 18.4 Å². The molecule has 2 aliphatic heterocycles. The number of amidine groups is 1. The predicted octanol–water partition coefficient (Wildman–Crippen LogP) is 1.08. The molecule has 1 fully saturated rings. The molecule has 0 amide bonds. The fourth-order valence-corrected chi connectivity index (χ4v) is 3.62. The number of benzene rings is 1. The molecule has 2 aliphatic rings. The molecule has 0 bridgehead atoms. The van der Waals surface area contributed by atoms with Crippen molar-refractivity contribution in [2.75, 3.05) is 37.9 Å². The van der Waals surface area contributed by atoms with E-state index in [1.165, 1.54) is 6.26 Å². The molecule has 0 spiro atoms. The number of hydrogen-bond donors (Lipinski definition) is 2. The molecular weight excluding hydrogens is 300 g/mol. The van der Waals surface area contributed by atoms with Gasteiger partial charge in [0.25, 0.3) is 0 Å². The van der Waals surface area contributed by atoms with Crippen LogP contribution in [-0.4, -0.2) is 51.7 Å². The van der Waals surface area contributed by atoms with Crippen molar-refractivity contribution in [1.29, 1.82) is 0 Å². The van der Waals surface area contributed by atoms with Crippen LogP contribution in [0.25, 0.3) is 0 Å². The summed E-state index contributed by atoms with van der Waals surface area (Å²) in [6.07, 6.45) is 3.32. The lowest BCUT2D eigenvalue weighted by Gasteiger charge is -2.36. The molecule has 1 aromatic rings. The van der Waals surface area contributed by atoms with Gasteiger partial charge in [-0.2, -0.15) is 0 Å². The zero-order valence-electron chi connectivity index (χ0n) is 12.7. The first-order valence-electron chi connectivity index (χ1n) is 7.60. The molecule has 1 unspecified atom stereocenters. The van der Waals surface area contributed by atoms with Crippen LogP contribution < -0.4 is 10.0 Å². The Bertz CT molecular complexity index is 672. The lowest BCUT2D eigenvalue weighted by molar-refractivity contribution is 0.259. The summed E-state index contributed by atoms with van der Waals surface area (Å²) in [4.78, 5) is 6.92. The number of nitrogens with one attached hydrogen (secondary N) is 2. The number of aliphatic imine (C=N–C) groups is 1. The number of sulfonamides is 1. The first kappa shape index (κ1) is 15.3. The maximum atomic E-state index is 11.3. The molecule has 3 rings (SSSR count). The molecule has 1 aromatic carbocycles.